The van der Waals surface area contributed by atoms with Gasteiger partial charge in [-0.2, -0.15) is 5.10 Å². The second kappa shape index (κ2) is 4.92. The lowest BCUT2D eigenvalue weighted by molar-refractivity contribution is 0.0366. The predicted molar refractivity (Wildman–Crippen MR) is 71.4 cm³/mol. The topological polar surface area (TPSA) is 61.2 Å². The van der Waals surface area contributed by atoms with E-state index in [1.807, 2.05) is 19.1 Å². The van der Waals surface area contributed by atoms with Crippen molar-refractivity contribution >= 4 is 11.8 Å². The molecule has 0 amide bonds. The molecule has 0 saturated heterocycles. The number of rotatable bonds is 4. The van der Waals surface area contributed by atoms with Crippen molar-refractivity contribution in [3.63, 3.8) is 0 Å². The molecule has 1 atom stereocenters. The number of aryl methyl sites for hydroxylation is 1. The van der Waals surface area contributed by atoms with Crippen LogP contribution in [0.25, 0.3) is 0 Å². The van der Waals surface area contributed by atoms with Crippen molar-refractivity contribution in [2.24, 2.45) is 0 Å². The molecule has 2 aromatic rings. The second-order valence-corrected chi connectivity index (χ2v) is 4.67. The second-order valence-electron chi connectivity index (χ2n) is 4.67. The molecule has 0 N–H and O–H groups in total. The molecule has 0 aliphatic carbocycles. The molecule has 0 saturated carbocycles. The maximum atomic E-state index is 12.2. The maximum Gasteiger partial charge on any atom is 0.339 e. The van der Waals surface area contributed by atoms with Crippen LogP contribution in [0, 0.1) is 0 Å². The van der Waals surface area contributed by atoms with Gasteiger partial charge in [-0.1, -0.05) is 18.2 Å². The average molecular weight is 270 g/mol. The average Bonchev–Trinajstić information content (AvgIpc) is 3.05. The van der Waals surface area contributed by atoms with Crippen LogP contribution in [0.4, 0.5) is 0 Å². The molecule has 102 valence electrons. The summed E-state index contributed by atoms with van der Waals surface area (Å²) >= 11 is 0. The number of hydrogen-bond donors (Lipinski definition) is 0. The van der Waals surface area contributed by atoms with Crippen molar-refractivity contribution in [3.05, 3.63) is 53.3 Å². The van der Waals surface area contributed by atoms with Crippen molar-refractivity contribution in [1.29, 1.82) is 0 Å². The number of fused-ring (bicyclic) bond motifs is 1. The lowest BCUT2D eigenvalue weighted by atomic mass is 10.0. The Labute approximate surface area is 116 Å². The van der Waals surface area contributed by atoms with Crippen LogP contribution in [0.5, 0.6) is 0 Å². The van der Waals surface area contributed by atoms with Crippen LogP contribution in [0.2, 0.25) is 0 Å². The SMILES string of the molecule is CCn1ccc(C(=O)CC2OC(=O)c3ccccc32)n1. The number of Topliss-reactive ketones (excluding diaryl/α,β-unsaturated/α-hetero) is 1. The van der Waals surface area contributed by atoms with Crippen molar-refractivity contribution in [3.8, 4) is 0 Å². The number of benzene rings is 1. The monoisotopic (exact) mass is 270 g/mol. The molecule has 3 rings (SSSR count). The highest BCUT2D eigenvalue weighted by Gasteiger charge is 2.32. The molecule has 20 heavy (non-hydrogen) atoms. The van der Waals surface area contributed by atoms with Crippen molar-refractivity contribution in [1.82, 2.24) is 9.78 Å². The van der Waals surface area contributed by atoms with Gasteiger partial charge in [0.05, 0.1) is 12.0 Å². The van der Waals surface area contributed by atoms with Gasteiger partial charge in [0.25, 0.3) is 0 Å². The summed E-state index contributed by atoms with van der Waals surface area (Å²) in [5.74, 6) is -0.482. The normalized spacial score (nSPS) is 16.9. The summed E-state index contributed by atoms with van der Waals surface area (Å²) in [5, 5.41) is 4.17. The van der Waals surface area contributed by atoms with Crippen LogP contribution in [-0.4, -0.2) is 21.5 Å². The fourth-order valence-corrected chi connectivity index (χ4v) is 2.33. The van der Waals surface area contributed by atoms with Crippen molar-refractivity contribution in [2.45, 2.75) is 26.0 Å². The van der Waals surface area contributed by atoms with Gasteiger partial charge >= 0.3 is 5.97 Å². The minimum absolute atomic E-state index is 0.119. The summed E-state index contributed by atoms with van der Waals surface area (Å²) in [6.45, 7) is 2.67. The van der Waals surface area contributed by atoms with Crippen LogP contribution in [0.3, 0.4) is 0 Å². The number of nitrogens with zero attached hydrogens (tertiary/aromatic N) is 2. The van der Waals surface area contributed by atoms with Crippen molar-refractivity contribution < 1.29 is 14.3 Å². The van der Waals surface area contributed by atoms with E-state index >= 15 is 0 Å². The molecule has 5 heteroatoms. The van der Waals surface area contributed by atoms with E-state index < -0.39 is 6.10 Å². The standard InChI is InChI=1S/C15H14N2O3/c1-2-17-8-7-12(16-17)13(18)9-14-10-5-3-4-6-11(10)15(19)20-14/h3-8,14H,2,9H2,1H3. The Bertz CT molecular complexity index is 675. The first-order valence-electron chi connectivity index (χ1n) is 6.55. The third kappa shape index (κ3) is 2.11. The summed E-state index contributed by atoms with van der Waals surface area (Å²) in [5.41, 5.74) is 1.73. The number of carbonyl (C=O) groups excluding carboxylic acids is 2. The number of ether oxygens (including phenoxy) is 1. The van der Waals surface area contributed by atoms with Gasteiger partial charge in [0.1, 0.15) is 11.8 Å². The van der Waals surface area contributed by atoms with E-state index in [0.29, 0.717) is 17.8 Å². The van der Waals surface area contributed by atoms with E-state index in [-0.39, 0.29) is 18.2 Å². The molecule has 1 aliphatic rings. The molecule has 1 aliphatic heterocycles. The van der Waals surface area contributed by atoms with Crippen LogP contribution < -0.4 is 0 Å². The maximum absolute atomic E-state index is 12.2. The first kappa shape index (κ1) is 12.6. The molecule has 0 fully saturated rings. The lowest BCUT2D eigenvalue weighted by Crippen LogP contribution is -2.09. The van der Waals surface area contributed by atoms with E-state index in [0.717, 1.165) is 5.56 Å². The minimum Gasteiger partial charge on any atom is -0.453 e. The summed E-state index contributed by atoms with van der Waals surface area (Å²) in [7, 11) is 0. The minimum atomic E-state index is -0.502. The molecule has 1 unspecified atom stereocenters. The molecule has 1 aromatic carbocycles. The first-order valence-corrected chi connectivity index (χ1v) is 6.55. The van der Waals surface area contributed by atoms with Crippen LogP contribution in [0.1, 0.15) is 45.9 Å². The number of ketones is 1. The molecule has 0 bridgehead atoms. The zero-order valence-corrected chi connectivity index (χ0v) is 11.1. The lowest BCUT2D eigenvalue weighted by Gasteiger charge is -2.08. The number of hydrogen-bond acceptors (Lipinski definition) is 4. The largest absolute Gasteiger partial charge is 0.453 e. The molecular formula is C15H14N2O3. The van der Waals surface area contributed by atoms with Crippen LogP contribution >= 0.6 is 0 Å². The van der Waals surface area contributed by atoms with Gasteiger partial charge in [0.2, 0.25) is 0 Å². The highest BCUT2D eigenvalue weighted by atomic mass is 16.5. The van der Waals surface area contributed by atoms with E-state index in [1.54, 1.807) is 29.1 Å². The highest BCUT2D eigenvalue weighted by molar-refractivity contribution is 5.97. The molecule has 2 heterocycles. The molecule has 0 spiro atoms. The van der Waals surface area contributed by atoms with E-state index in [1.165, 1.54) is 0 Å². The Kier molecular flexibility index (Phi) is 3.10. The fourth-order valence-electron chi connectivity index (χ4n) is 2.33. The van der Waals surface area contributed by atoms with Gasteiger partial charge < -0.3 is 4.74 Å². The van der Waals surface area contributed by atoms with Gasteiger partial charge in [-0.25, -0.2) is 4.79 Å². The Balaban J connectivity index is 1.79. The Morgan fingerprint density at radius 3 is 2.90 bits per heavy atom. The molecule has 1 aromatic heterocycles. The third-order valence-electron chi connectivity index (χ3n) is 3.40. The Morgan fingerprint density at radius 1 is 1.35 bits per heavy atom. The number of esters is 1. The number of cyclic esters (lactones) is 1. The summed E-state index contributed by atoms with van der Waals surface area (Å²) in [6.07, 6.45) is 1.39. The zero-order valence-electron chi connectivity index (χ0n) is 11.1. The van der Waals surface area contributed by atoms with Gasteiger partial charge in [-0.3, -0.25) is 9.48 Å². The van der Waals surface area contributed by atoms with E-state index in [4.69, 9.17) is 4.74 Å². The fraction of sp³-hybridized carbons (Fsp3) is 0.267. The Hall–Kier alpha value is -2.43. The Morgan fingerprint density at radius 2 is 2.15 bits per heavy atom. The van der Waals surface area contributed by atoms with Gasteiger partial charge in [-0.15, -0.1) is 0 Å². The van der Waals surface area contributed by atoms with Gasteiger partial charge in [0, 0.05) is 18.3 Å². The van der Waals surface area contributed by atoms with Gasteiger partial charge in [-0.05, 0) is 19.1 Å². The summed E-state index contributed by atoms with van der Waals surface area (Å²) < 4.78 is 6.96. The molecule has 0 radical (unpaired) electrons. The molecule has 5 nitrogen and oxygen atoms in total. The van der Waals surface area contributed by atoms with Crippen LogP contribution in [-0.2, 0) is 11.3 Å². The predicted octanol–water partition coefficient (Wildman–Crippen LogP) is 2.39. The zero-order chi connectivity index (χ0) is 14.1. The van der Waals surface area contributed by atoms with Gasteiger partial charge in [0.15, 0.2) is 5.78 Å². The third-order valence-corrected chi connectivity index (χ3v) is 3.40. The smallest absolute Gasteiger partial charge is 0.339 e. The number of aromatic nitrogens is 2. The van der Waals surface area contributed by atoms with E-state index in [2.05, 4.69) is 5.10 Å². The van der Waals surface area contributed by atoms with E-state index in [9.17, 15) is 9.59 Å². The summed E-state index contributed by atoms with van der Waals surface area (Å²) in [6, 6.07) is 8.85. The van der Waals surface area contributed by atoms with Crippen LogP contribution in [0.15, 0.2) is 36.5 Å². The summed E-state index contributed by atoms with van der Waals surface area (Å²) in [4.78, 5) is 23.9. The first-order chi connectivity index (χ1) is 9.69. The quantitative estimate of drug-likeness (QED) is 0.632. The van der Waals surface area contributed by atoms with Crippen molar-refractivity contribution in [2.75, 3.05) is 0 Å². The molecular weight excluding hydrogens is 256 g/mol. The highest BCUT2D eigenvalue weighted by Crippen LogP contribution is 2.33. The number of carbonyl (C=O) groups is 2.